The number of benzene rings is 1. The van der Waals surface area contributed by atoms with Gasteiger partial charge in [-0.1, -0.05) is 30.3 Å². The molecule has 0 fully saturated rings. The van der Waals surface area contributed by atoms with E-state index in [9.17, 15) is 0 Å². The Balaban J connectivity index is 2.20. The number of halogens is 1. The van der Waals surface area contributed by atoms with Crippen LogP contribution in [-0.2, 0) is 9.47 Å². The first-order chi connectivity index (χ1) is 8.38. The molecule has 0 saturated carbocycles. The lowest BCUT2D eigenvalue weighted by molar-refractivity contribution is 0.0990. The van der Waals surface area contributed by atoms with E-state index < -0.39 is 0 Å². The third-order valence-corrected chi connectivity index (χ3v) is 3.08. The van der Waals surface area contributed by atoms with Crippen molar-refractivity contribution in [2.24, 2.45) is 0 Å². The molecule has 1 unspecified atom stereocenters. The molecule has 0 saturated heterocycles. The molecule has 0 heterocycles. The topological polar surface area (TPSA) is 18.5 Å². The second kappa shape index (κ2) is 9.46. The van der Waals surface area contributed by atoms with Crippen molar-refractivity contribution in [3.05, 3.63) is 35.9 Å². The van der Waals surface area contributed by atoms with E-state index in [0.29, 0.717) is 11.8 Å². The average molecular weight is 257 g/mol. The van der Waals surface area contributed by atoms with Gasteiger partial charge in [0.15, 0.2) is 0 Å². The van der Waals surface area contributed by atoms with E-state index in [-0.39, 0.29) is 0 Å². The predicted molar refractivity (Wildman–Crippen MR) is 71.8 cm³/mol. The third kappa shape index (κ3) is 6.06. The van der Waals surface area contributed by atoms with Crippen molar-refractivity contribution < 1.29 is 9.47 Å². The maximum Gasteiger partial charge on any atom is 0.0487 e. The lowest BCUT2D eigenvalue weighted by atomic mass is 9.98. The fourth-order valence-electron chi connectivity index (χ4n) is 1.69. The zero-order chi connectivity index (χ0) is 12.3. The maximum absolute atomic E-state index is 5.99. The van der Waals surface area contributed by atoms with E-state index >= 15 is 0 Å². The van der Waals surface area contributed by atoms with Gasteiger partial charge in [-0.25, -0.2) is 0 Å². The maximum atomic E-state index is 5.99. The molecule has 0 aliphatic heterocycles. The molecule has 0 aliphatic carbocycles. The van der Waals surface area contributed by atoms with Crippen molar-refractivity contribution in [3.8, 4) is 0 Å². The molecule has 0 aromatic heterocycles. The van der Waals surface area contributed by atoms with Gasteiger partial charge in [0.05, 0.1) is 0 Å². The van der Waals surface area contributed by atoms with Crippen LogP contribution in [0.4, 0.5) is 0 Å². The van der Waals surface area contributed by atoms with Crippen LogP contribution >= 0.6 is 11.6 Å². The summed E-state index contributed by atoms with van der Waals surface area (Å²) in [4.78, 5) is 0. The van der Waals surface area contributed by atoms with E-state index in [1.165, 1.54) is 5.56 Å². The van der Waals surface area contributed by atoms with Crippen molar-refractivity contribution in [2.45, 2.75) is 18.8 Å². The number of hydrogen-bond donors (Lipinski definition) is 0. The van der Waals surface area contributed by atoms with Crippen LogP contribution in [0.15, 0.2) is 30.3 Å². The van der Waals surface area contributed by atoms with Gasteiger partial charge in [0.1, 0.15) is 0 Å². The Labute approximate surface area is 109 Å². The van der Waals surface area contributed by atoms with E-state index in [1.54, 1.807) is 7.11 Å². The Hall–Kier alpha value is -0.570. The summed E-state index contributed by atoms with van der Waals surface area (Å²) in [5.41, 5.74) is 1.29. The van der Waals surface area contributed by atoms with Gasteiger partial charge in [0.25, 0.3) is 0 Å². The Morgan fingerprint density at radius 2 is 1.88 bits per heavy atom. The molecular formula is C14H21ClO2. The molecule has 3 heteroatoms. The van der Waals surface area contributed by atoms with Gasteiger partial charge in [0.2, 0.25) is 0 Å². The van der Waals surface area contributed by atoms with Gasteiger partial charge in [-0.3, -0.25) is 0 Å². The van der Waals surface area contributed by atoms with Crippen LogP contribution in [0.25, 0.3) is 0 Å². The number of methoxy groups -OCH3 is 1. The fraction of sp³-hybridized carbons (Fsp3) is 0.571. The zero-order valence-electron chi connectivity index (χ0n) is 10.4. The normalized spacial score (nSPS) is 12.6. The molecule has 0 N–H and O–H groups in total. The zero-order valence-corrected chi connectivity index (χ0v) is 11.2. The van der Waals surface area contributed by atoms with Crippen LogP contribution < -0.4 is 0 Å². The van der Waals surface area contributed by atoms with Crippen molar-refractivity contribution in [1.29, 1.82) is 0 Å². The van der Waals surface area contributed by atoms with Crippen molar-refractivity contribution in [3.63, 3.8) is 0 Å². The highest BCUT2D eigenvalue weighted by Crippen LogP contribution is 2.20. The smallest absolute Gasteiger partial charge is 0.0487 e. The molecular weight excluding hydrogens is 236 g/mol. The summed E-state index contributed by atoms with van der Waals surface area (Å²) < 4.78 is 10.5. The summed E-state index contributed by atoms with van der Waals surface area (Å²) >= 11 is 5.99. The van der Waals surface area contributed by atoms with E-state index in [2.05, 4.69) is 12.1 Å². The van der Waals surface area contributed by atoms with Gasteiger partial charge in [-0.05, 0) is 24.3 Å². The molecule has 0 aliphatic rings. The van der Waals surface area contributed by atoms with Crippen molar-refractivity contribution >= 4 is 11.6 Å². The fourth-order valence-corrected chi connectivity index (χ4v) is 2.02. The first-order valence-electron chi connectivity index (χ1n) is 6.06. The van der Waals surface area contributed by atoms with E-state index in [4.69, 9.17) is 21.1 Å². The highest BCUT2D eigenvalue weighted by molar-refractivity contribution is 6.18. The van der Waals surface area contributed by atoms with Crippen LogP contribution in [0.3, 0.4) is 0 Å². The minimum atomic E-state index is 0.389. The molecule has 0 bridgehead atoms. The lowest BCUT2D eigenvalue weighted by Crippen LogP contribution is -2.07. The quantitative estimate of drug-likeness (QED) is 0.498. The molecule has 1 rings (SSSR count). The molecule has 1 atom stereocenters. The summed E-state index contributed by atoms with van der Waals surface area (Å²) in [6.07, 6.45) is 1.92. The molecule has 1 aromatic rings. The first-order valence-corrected chi connectivity index (χ1v) is 6.59. The Morgan fingerprint density at radius 3 is 2.53 bits per heavy atom. The number of rotatable bonds is 9. The minimum Gasteiger partial charge on any atom is -0.385 e. The highest BCUT2D eigenvalue weighted by atomic mass is 35.5. The minimum absolute atomic E-state index is 0.389. The van der Waals surface area contributed by atoms with Crippen LogP contribution in [0.2, 0.25) is 0 Å². The second-order valence-corrected chi connectivity index (χ2v) is 4.32. The van der Waals surface area contributed by atoms with E-state index in [1.807, 2.05) is 18.2 Å². The predicted octanol–water partition coefficient (Wildman–Crippen LogP) is 3.45. The molecule has 1 aromatic carbocycles. The van der Waals surface area contributed by atoms with Crippen LogP contribution in [0.5, 0.6) is 0 Å². The second-order valence-electron chi connectivity index (χ2n) is 4.01. The summed E-state index contributed by atoms with van der Waals surface area (Å²) in [7, 11) is 1.71. The molecule has 0 radical (unpaired) electrons. The van der Waals surface area contributed by atoms with Gasteiger partial charge >= 0.3 is 0 Å². The summed E-state index contributed by atoms with van der Waals surface area (Å²) in [6.45, 7) is 2.28. The van der Waals surface area contributed by atoms with Crippen LogP contribution in [0.1, 0.15) is 24.3 Å². The Morgan fingerprint density at radius 1 is 1.12 bits per heavy atom. The van der Waals surface area contributed by atoms with Crippen LogP contribution in [0, 0.1) is 0 Å². The molecule has 0 spiro atoms. The number of hydrogen-bond acceptors (Lipinski definition) is 2. The standard InChI is InChI=1S/C14H21ClO2/c1-16-9-5-10-17-11-8-14(12-15)13-6-3-2-4-7-13/h2-4,6-7,14H,5,8-12H2,1H3. The van der Waals surface area contributed by atoms with Crippen molar-refractivity contribution in [1.82, 2.24) is 0 Å². The molecule has 17 heavy (non-hydrogen) atoms. The third-order valence-electron chi connectivity index (χ3n) is 2.71. The molecule has 2 nitrogen and oxygen atoms in total. The number of ether oxygens (including phenoxy) is 2. The van der Waals surface area contributed by atoms with Crippen LogP contribution in [-0.4, -0.2) is 32.8 Å². The van der Waals surface area contributed by atoms with E-state index in [0.717, 1.165) is 32.7 Å². The van der Waals surface area contributed by atoms with Gasteiger partial charge in [-0.15, -0.1) is 11.6 Å². The highest BCUT2D eigenvalue weighted by Gasteiger charge is 2.09. The molecule has 96 valence electrons. The largest absolute Gasteiger partial charge is 0.385 e. The van der Waals surface area contributed by atoms with Gasteiger partial charge in [-0.2, -0.15) is 0 Å². The Kier molecular flexibility index (Phi) is 8.06. The SMILES string of the molecule is COCCCOCCC(CCl)c1ccccc1. The van der Waals surface area contributed by atoms with Gasteiger partial charge < -0.3 is 9.47 Å². The summed E-state index contributed by atoms with van der Waals surface area (Å²) in [5, 5.41) is 0. The summed E-state index contributed by atoms with van der Waals surface area (Å²) in [5.74, 6) is 1.03. The monoisotopic (exact) mass is 256 g/mol. The number of alkyl halides is 1. The first kappa shape index (κ1) is 14.5. The molecule has 0 amide bonds. The Bertz CT molecular complexity index is 277. The van der Waals surface area contributed by atoms with Crippen molar-refractivity contribution in [2.75, 3.05) is 32.8 Å². The lowest BCUT2D eigenvalue weighted by Gasteiger charge is -2.14. The summed E-state index contributed by atoms with van der Waals surface area (Å²) in [6, 6.07) is 10.4. The average Bonchev–Trinajstić information content (AvgIpc) is 2.39. The van der Waals surface area contributed by atoms with Gasteiger partial charge in [0, 0.05) is 32.8 Å².